The van der Waals surface area contributed by atoms with Crippen molar-refractivity contribution in [2.45, 2.75) is 82.9 Å². The van der Waals surface area contributed by atoms with Gasteiger partial charge in [0.1, 0.15) is 11.8 Å². The molecule has 9 heteroatoms. The first-order chi connectivity index (χ1) is 17.5. The molecule has 2 atom stereocenters. The zero-order valence-electron chi connectivity index (χ0n) is 20.9. The monoisotopic (exact) mass is 496 g/mol. The van der Waals surface area contributed by atoms with E-state index in [0.717, 1.165) is 44.1 Å². The summed E-state index contributed by atoms with van der Waals surface area (Å²) < 4.78 is 10.8. The number of amides is 3. The summed E-state index contributed by atoms with van der Waals surface area (Å²) in [5.41, 5.74) is 0.750. The van der Waals surface area contributed by atoms with E-state index in [1.165, 1.54) is 6.42 Å². The van der Waals surface area contributed by atoms with Crippen molar-refractivity contribution in [3.05, 3.63) is 47.7 Å². The summed E-state index contributed by atoms with van der Waals surface area (Å²) in [6.45, 7) is 2.69. The Morgan fingerprint density at radius 3 is 2.50 bits per heavy atom. The van der Waals surface area contributed by atoms with Gasteiger partial charge in [0.25, 0.3) is 0 Å². The minimum Gasteiger partial charge on any atom is -0.376 e. The summed E-state index contributed by atoms with van der Waals surface area (Å²) in [6.07, 6.45) is 6.86. The Kier molecular flexibility index (Phi) is 9.11. The summed E-state index contributed by atoms with van der Waals surface area (Å²) in [4.78, 5) is 41.3. The standard InChI is InChI=1S/C27H36N4O5/c1-19-17-23(30-36-19)29-24(32)14-15-25(33)31(18-22-13-8-16-35-22)26(20-9-4-2-5-10-20)27(34)28-21-11-6-3-7-12-21/h2,4-5,9-10,17,21-22,26H,3,6-8,11-16,18H2,1H3,(H,28,34)(H,29,30,32)/t22-,26+/m0/s1. The summed E-state index contributed by atoms with van der Waals surface area (Å²) >= 11 is 0. The highest BCUT2D eigenvalue weighted by atomic mass is 16.5. The van der Waals surface area contributed by atoms with Gasteiger partial charge in [0.05, 0.1) is 6.10 Å². The number of hydrogen-bond donors (Lipinski definition) is 2. The number of ether oxygens (including phenoxy) is 1. The lowest BCUT2D eigenvalue weighted by atomic mass is 9.94. The van der Waals surface area contributed by atoms with Crippen LogP contribution in [-0.4, -0.2) is 53.1 Å². The molecule has 2 aliphatic rings. The second-order valence-corrected chi connectivity index (χ2v) is 9.71. The maximum atomic E-state index is 13.7. The molecule has 1 aliphatic heterocycles. The second kappa shape index (κ2) is 12.7. The lowest BCUT2D eigenvalue weighted by molar-refractivity contribution is -0.143. The fourth-order valence-electron chi connectivity index (χ4n) is 4.99. The average molecular weight is 497 g/mol. The predicted molar refractivity (Wildman–Crippen MR) is 134 cm³/mol. The molecule has 194 valence electrons. The molecule has 9 nitrogen and oxygen atoms in total. The third-order valence-corrected chi connectivity index (χ3v) is 6.83. The van der Waals surface area contributed by atoms with Crippen molar-refractivity contribution in [3.8, 4) is 0 Å². The van der Waals surface area contributed by atoms with Crippen molar-refractivity contribution >= 4 is 23.5 Å². The first-order valence-corrected chi connectivity index (χ1v) is 13.0. The van der Waals surface area contributed by atoms with E-state index >= 15 is 0 Å². The molecule has 0 spiro atoms. The van der Waals surface area contributed by atoms with E-state index in [9.17, 15) is 14.4 Å². The van der Waals surface area contributed by atoms with Crippen LogP contribution in [0.15, 0.2) is 40.9 Å². The molecule has 2 heterocycles. The number of aryl methyl sites for hydroxylation is 1. The number of carbonyl (C=O) groups excluding carboxylic acids is 3. The van der Waals surface area contributed by atoms with Crippen LogP contribution >= 0.6 is 0 Å². The molecule has 0 bridgehead atoms. The van der Waals surface area contributed by atoms with Gasteiger partial charge in [-0.2, -0.15) is 0 Å². The van der Waals surface area contributed by atoms with Gasteiger partial charge in [0.15, 0.2) is 5.82 Å². The van der Waals surface area contributed by atoms with Gasteiger partial charge in [-0.3, -0.25) is 14.4 Å². The minimum atomic E-state index is -0.786. The van der Waals surface area contributed by atoms with Crippen LogP contribution in [0.3, 0.4) is 0 Å². The lowest BCUT2D eigenvalue weighted by Crippen LogP contribution is -2.49. The number of benzene rings is 1. The van der Waals surface area contributed by atoms with Crippen LogP contribution in [0.2, 0.25) is 0 Å². The first-order valence-electron chi connectivity index (χ1n) is 13.0. The van der Waals surface area contributed by atoms with Gasteiger partial charge < -0.3 is 24.8 Å². The summed E-state index contributed by atoms with van der Waals surface area (Å²) in [6, 6.07) is 10.3. The van der Waals surface area contributed by atoms with E-state index in [4.69, 9.17) is 9.26 Å². The maximum Gasteiger partial charge on any atom is 0.247 e. The number of aromatic nitrogens is 1. The molecule has 1 saturated heterocycles. The van der Waals surface area contributed by atoms with Crippen molar-refractivity contribution in [2.75, 3.05) is 18.5 Å². The molecule has 2 N–H and O–H groups in total. The van der Waals surface area contributed by atoms with E-state index in [0.29, 0.717) is 24.7 Å². The maximum absolute atomic E-state index is 13.7. The summed E-state index contributed by atoms with van der Waals surface area (Å²) in [7, 11) is 0. The third kappa shape index (κ3) is 7.16. The van der Waals surface area contributed by atoms with E-state index in [2.05, 4.69) is 15.8 Å². The van der Waals surface area contributed by atoms with Crippen molar-refractivity contribution in [3.63, 3.8) is 0 Å². The Hall–Kier alpha value is -3.20. The quantitative estimate of drug-likeness (QED) is 0.516. The van der Waals surface area contributed by atoms with Gasteiger partial charge in [-0.25, -0.2) is 0 Å². The minimum absolute atomic E-state index is 0.0292. The van der Waals surface area contributed by atoms with Crippen molar-refractivity contribution in [2.24, 2.45) is 0 Å². The molecule has 3 amide bonds. The number of rotatable bonds is 10. The van der Waals surface area contributed by atoms with Crippen LogP contribution in [0.1, 0.15) is 75.2 Å². The normalized spacial score (nSPS) is 19.0. The fraction of sp³-hybridized carbons (Fsp3) is 0.556. The van der Waals surface area contributed by atoms with Gasteiger partial charge in [-0.15, -0.1) is 0 Å². The van der Waals surface area contributed by atoms with Crippen LogP contribution in [0.4, 0.5) is 5.82 Å². The molecule has 1 aromatic heterocycles. The smallest absolute Gasteiger partial charge is 0.247 e. The number of hydrogen-bond acceptors (Lipinski definition) is 6. The fourth-order valence-corrected chi connectivity index (χ4v) is 4.99. The molecule has 2 aromatic rings. The van der Waals surface area contributed by atoms with Crippen LogP contribution in [0, 0.1) is 6.92 Å². The van der Waals surface area contributed by atoms with Gasteiger partial charge in [0, 0.05) is 38.1 Å². The SMILES string of the molecule is Cc1cc(NC(=O)CCC(=O)N(C[C@@H]2CCCO2)[C@@H](C(=O)NC2CCCCC2)c2ccccc2)no1. The largest absolute Gasteiger partial charge is 0.376 e. The molecule has 2 fully saturated rings. The molecular formula is C27H36N4O5. The molecule has 36 heavy (non-hydrogen) atoms. The Bertz CT molecular complexity index is 1010. The Morgan fingerprint density at radius 1 is 1.06 bits per heavy atom. The lowest BCUT2D eigenvalue weighted by Gasteiger charge is -2.34. The van der Waals surface area contributed by atoms with E-state index in [1.807, 2.05) is 30.3 Å². The predicted octanol–water partition coefficient (Wildman–Crippen LogP) is 3.90. The summed E-state index contributed by atoms with van der Waals surface area (Å²) in [5.74, 6) is 0.122. The molecular weight excluding hydrogens is 460 g/mol. The van der Waals surface area contributed by atoms with Crippen LogP contribution in [-0.2, 0) is 19.1 Å². The number of nitrogens with one attached hydrogen (secondary N) is 2. The Labute approximate surface area is 211 Å². The van der Waals surface area contributed by atoms with Gasteiger partial charge in [0.2, 0.25) is 17.7 Å². The Morgan fingerprint density at radius 2 is 1.83 bits per heavy atom. The molecule has 0 radical (unpaired) electrons. The highest BCUT2D eigenvalue weighted by Crippen LogP contribution is 2.27. The second-order valence-electron chi connectivity index (χ2n) is 9.71. The molecule has 1 aromatic carbocycles. The molecule has 4 rings (SSSR count). The highest BCUT2D eigenvalue weighted by molar-refractivity contribution is 5.94. The van der Waals surface area contributed by atoms with Crippen LogP contribution in [0.25, 0.3) is 0 Å². The van der Waals surface area contributed by atoms with E-state index < -0.39 is 6.04 Å². The topological polar surface area (TPSA) is 114 Å². The van der Waals surface area contributed by atoms with Gasteiger partial charge in [-0.1, -0.05) is 54.8 Å². The van der Waals surface area contributed by atoms with Crippen molar-refractivity contribution in [1.82, 2.24) is 15.4 Å². The average Bonchev–Trinajstić information content (AvgIpc) is 3.55. The van der Waals surface area contributed by atoms with Crippen LogP contribution in [0.5, 0.6) is 0 Å². The highest BCUT2D eigenvalue weighted by Gasteiger charge is 2.35. The first kappa shape index (κ1) is 25.9. The van der Waals surface area contributed by atoms with Gasteiger partial charge in [-0.05, 0) is 38.2 Å². The molecule has 1 aliphatic carbocycles. The molecule has 1 saturated carbocycles. The molecule has 0 unspecified atom stereocenters. The van der Waals surface area contributed by atoms with Crippen LogP contribution < -0.4 is 10.6 Å². The zero-order chi connectivity index (χ0) is 25.3. The van der Waals surface area contributed by atoms with E-state index in [1.54, 1.807) is 17.9 Å². The zero-order valence-corrected chi connectivity index (χ0v) is 20.9. The number of anilines is 1. The van der Waals surface area contributed by atoms with Gasteiger partial charge >= 0.3 is 0 Å². The van der Waals surface area contributed by atoms with E-state index in [-0.39, 0.29) is 42.7 Å². The summed E-state index contributed by atoms with van der Waals surface area (Å²) in [5, 5.41) is 9.62. The number of carbonyl (C=O) groups is 3. The Balaban J connectivity index is 1.50. The third-order valence-electron chi connectivity index (χ3n) is 6.83. The van der Waals surface area contributed by atoms with Crippen molar-refractivity contribution < 1.29 is 23.6 Å². The van der Waals surface area contributed by atoms with Crippen molar-refractivity contribution in [1.29, 1.82) is 0 Å². The number of nitrogens with zero attached hydrogens (tertiary/aromatic N) is 2.